The van der Waals surface area contributed by atoms with Crippen LogP contribution in [0.4, 0.5) is 5.69 Å². The van der Waals surface area contributed by atoms with E-state index in [-0.39, 0.29) is 24.0 Å². The Morgan fingerprint density at radius 2 is 1.93 bits per heavy atom. The van der Waals surface area contributed by atoms with E-state index in [1.807, 2.05) is 31.2 Å². The predicted molar refractivity (Wildman–Crippen MR) is 107 cm³/mol. The molecule has 0 radical (unpaired) electrons. The van der Waals surface area contributed by atoms with Crippen molar-refractivity contribution in [3.63, 3.8) is 0 Å². The lowest BCUT2D eigenvalue weighted by Crippen LogP contribution is -2.21. The Hall–Kier alpha value is -2.99. The summed E-state index contributed by atoms with van der Waals surface area (Å²) < 4.78 is 10.9. The van der Waals surface area contributed by atoms with Gasteiger partial charge < -0.3 is 20.1 Å². The number of allylic oxidation sites excluding steroid dienone is 1. The Labute approximate surface area is 163 Å². The molecule has 2 N–H and O–H groups in total. The molecule has 27 heavy (non-hydrogen) atoms. The number of anilines is 1. The number of hydrogen-bond donors (Lipinski definition) is 2. The lowest BCUT2D eigenvalue weighted by Gasteiger charge is -2.12. The summed E-state index contributed by atoms with van der Waals surface area (Å²) in [7, 11) is 3.04. The fraction of sp³-hybridized carbons (Fsp3) is 0.200. The molecular formula is C20H21ClN2O4. The fourth-order valence-electron chi connectivity index (χ4n) is 2.35. The normalized spacial score (nSPS) is 10.5. The first kappa shape index (κ1) is 20.3. The summed E-state index contributed by atoms with van der Waals surface area (Å²) in [6.07, 6.45) is 3.85. The van der Waals surface area contributed by atoms with Crippen molar-refractivity contribution in [1.82, 2.24) is 5.32 Å². The van der Waals surface area contributed by atoms with Gasteiger partial charge in [-0.25, -0.2) is 0 Å². The van der Waals surface area contributed by atoms with Crippen LogP contribution in [0.25, 0.3) is 6.08 Å². The highest BCUT2D eigenvalue weighted by molar-refractivity contribution is 6.34. The number of halogens is 1. The van der Waals surface area contributed by atoms with Crippen molar-refractivity contribution in [3.05, 3.63) is 58.6 Å². The van der Waals surface area contributed by atoms with Crippen LogP contribution < -0.4 is 20.1 Å². The largest absolute Gasteiger partial charge is 0.493 e. The van der Waals surface area contributed by atoms with E-state index >= 15 is 0 Å². The first-order valence-corrected chi connectivity index (χ1v) is 8.61. The van der Waals surface area contributed by atoms with Crippen molar-refractivity contribution in [2.45, 2.75) is 6.92 Å². The maximum atomic E-state index is 12.2. The SMILES string of the molecule is C/C=C/c1ccc(OCC(=O)Nc2ccc(Cl)c(C(=O)NC)c2)c(OC)c1. The molecule has 0 spiro atoms. The highest BCUT2D eigenvalue weighted by Crippen LogP contribution is 2.28. The van der Waals surface area contributed by atoms with Crippen LogP contribution in [-0.2, 0) is 4.79 Å². The molecule has 2 amide bonds. The number of carbonyl (C=O) groups is 2. The van der Waals surface area contributed by atoms with Crippen LogP contribution in [0.3, 0.4) is 0 Å². The monoisotopic (exact) mass is 388 g/mol. The lowest BCUT2D eigenvalue weighted by molar-refractivity contribution is -0.118. The van der Waals surface area contributed by atoms with E-state index in [9.17, 15) is 9.59 Å². The van der Waals surface area contributed by atoms with Gasteiger partial charge in [0.1, 0.15) is 0 Å². The van der Waals surface area contributed by atoms with Gasteiger partial charge in [-0.2, -0.15) is 0 Å². The molecule has 0 bridgehead atoms. The predicted octanol–water partition coefficient (Wildman–Crippen LogP) is 3.76. The van der Waals surface area contributed by atoms with Crippen LogP contribution in [0.15, 0.2) is 42.5 Å². The van der Waals surface area contributed by atoms with Crippen LogP contribution in [0.1, 0.15) is 22.8 Å². The number of carbonyl (C=O) groups excluding carboxylic acids is 2. The average Bonchev–Trinajstić information content (AvgIpc) is 2.68. The van der Waals surface area contributed by atoms with Crippen molar-refractivity contribution in [3.8, 4) is 11.5 Å². The number of benzene rings is 2. The van der Waals surface area contributed by atoms with Gasteiger partial charge in [0.15, 0.2) is 18.1 Å². The van der Waals surface area contributed by atoms with Gasteiger partial charge in [0.2, 0.25) is 0 Å². The number of hydrogen-bond acceptors (Lipinski definition) is 4. The van der Waals surface area contributed by atoms with E-state index in [1.54, 1.807) is 18.2 Å². The second-order valence-corrected chi connectivity index (χ2v) is 5.93. The summed E-state index contributed by atoms with van der Waals surface area (Å²) in [4.78, 5) is 23.9. The lowest BCUT2D eigenvalue weighted by atomic mass is 10.2. The Morgan fingerprint density at radius 3 is 2.59 bits per heavy atom. The van der Waals surface area contributed by atoms with E-state index in [0.717, 1.165) is 5.56 Å². The highest BCUT2D eigenvalue weighted by Gasteiger charge is 2.12. The van der Waals surface area contributed by atoms with E-state index in [4.69, 9.17) is 21.1 Å². The second-order valence-electron chi connectivity index (χ2n) is 5.52. The van der Waals surface area contributed by atoms with Gasteiger partial charge in [-0.05, 0) is 42.8 Å². The topological polar surface area (TPSA) is 76.7 Å². The molecule has 0 aromatic heterocycles. The Kier molecular flexibility index (Phi) is 7.25. The summed E-state index contributed by atoms with van der Waals surface area (Å²) in [5.74, 6) is 0.285. The van der Waals surface area contributed by atoms with Crippen LogP contribution >= 0.6 is 11.6 Å². The van der Waals surface area contributed by atoms with Gasteiger partial charge in [0.05, 0.1) is 17.7 Å². The Bertz CT molecular complexity index is 865. The molecule has 0 unspecified atom stereocenters. The van der Waals surface area contributed by atoms with Crippen molar-refractivity contribution in [2.75, 3.05) is 26.1 Å². The molecule has 0 aliphatic heterocycles. The van der Waals surface area contributed by atoms with Crippen molar-refractivity contribution >= 4 is 35.2 Å². The van der Waals surface area contributed by atoms with Gasteiger partial charge in [-0.3, -0.25) is 9.59 Å². The van der Waals surface area contributed by atoms with Crippen LogP contribution in [0.2, 0.25) is 5.02 Å². The Balaban J connectivity index is 2.04. The molecule has 2 rings (SSSR count). The van der Waals surface area contributed by atoms with E-state index in [2.05, 4.69) is 10.6 Å². The third-order valence-corrected chi connectivity index (χ3v) is 3.96. The van der Waals surface area contributed by atoms with Crippen LogP contribution in [0, 0.1) is 0 Å². The minimum Gasteiger partial charge on any atom is -0.493 e. The van der Waals surface area contributed by atoms with Gasteiger partial charge in [0.25, 0.3) is 11.8 Å². The summed E-state index contributed by atoms with van der Waals surface area (Å²) in [6.45, 7) is 1.71. The molecule has 142 valence electrons. The summed E-state index contributed by atoms with van der Waals surface area (Å²) in [5.41, 5.74) is 1.69. The minimum absolute atomic E-state index is 0.211. The number of rotatable bonds is 7. The molecule has 0 atom stereocenters. The first-order chi connectivity index (χ1) is 13.0. The zero-order chi connectivity index (χ0) is 19.8. The summed E-state index contributed by atoms with van der Waals surface area (Å²) in [5, 5.41) is 5.47. The molecule has 0 fully saturated rings. The third-order valence-electron chi connectivity index (χ3n) is 3.63. The maximum absolute atomic E-state index is 12.2. The number of amides is 2. The zero-order valence-corrected chi connectivity index (χ0v) is 16.1. The molecule has 7 heteroatoms. The molecule has 0 saturated carbocycles. The number of methoxy groups -OCH3 is 1. The molecule has 2 aromatic carbocycles. The smallest absolute Gasteiger partial charge is 0.262 e. The molecule has 0 heterocycles. The van der Waals surface area contributed by atoms with Gasteiger partial charge >= 0.3 is 0 Å². The zero-order valence-electron chi connectivity index (χ0n) is 15.3. The second kappa shape index (κ2) is 9.64. The van der Waals surface area contributed by atoms with Crippen LogP contribution in [-0.4, -0.2) is 32.6 Å². The van der Waals surface area contributed by atoms with E-state index in [1.165, 1.54) is 20.2 Å². The van der Waals surface area contributed by atoms with Gasteiger partial charge in [0, 0.05) is 12.7 Å². The van der Waals surface area contributed by atoms with E-state index in [0.29, 0.717) is 22.2 Å². The standard InChI is InChI=1S/C20H21ClN2O4/c1-4-5-13-6-9-17(18(10-13)26-3)27-12-19(24)23-14-7-8-16(21)15(11-14)20(25)22-2/h4-11H,12H2,1-3H3,(H,22,25)(H,23,24)/b5-4+. The van der Waals surface area contributed by atoms with Gasteiger partial charge in [-0.15, -0.1) is 0 Å². The van der Waals surface area contributed by atoms with Crippen molar-refractivity contribution < 1.29 is 19.1 Å². The number of nitrogens with one attached hydrogen (secondary N) is 2. The fourth-order valence-corrected chi connectivity index (χ4v) is 2.55. The average molecular weight is 389 g/mol. The quantitative estimate of drug-likeness (QED) is 0.757. The van der Waals surface area contributed by atoms with E-state index < -0.39 is 0 Å². The molecular weight excluding hydrogens is 368 g/mol. The number of ether oxygens (including phenoxy) is 2. The molecule has 0 saturated heterocycles. The first-order valence-electron chi connectivity index (χ1n) is 8.23. The van der Waals surface area contributed by atoms with Crippen molar-refractivity contribution in [2.24, 2.45) is 0 Å². The van der Waals surface area contributed by atoms with Crippen molar-refractivity contribution in [1.29, 1.82) is 0 Å². The summed E-state index contributed by atoms with van der Waals surface area (Å²) >= 11 is 6.00. The van der Waals surface area contributed by atoms with Crippen LogP contribution in [0.5, 0.6) is 11.5 Å². The maximum Gasteiger partial charge on any atom is 0.262 e. The molecule has 0 aliphatic carbocycles. The minimum atomic E-state index is -0.375. The highest BCUT2D eigenvalue weighted by atomic mass is 35.5. The molecule has 6 nitrogen and oxygen atoms in total. The molecule has 2 aromatic rings. The Morgan fingerprint density at radius 1 is 1.15 bits per heavy atom. The van der Waals surface area contributed by atoms with Gasteiger partial charge in [-0.1, -0.05) is 29.8 Å². The summed E-state index contributed by atoms with van der Waals surface area (Å²) in [6, 6.07) is 10.1. The third kappa shape index (κ3) is 5.49. The molecule has 0 aliphatic rings.